The van der Waals surface area contributed by atoms with Crippen LogP contribution in [0, 0.1) is 0 Å². The second-order valence-corrected chi connectivity index (χ2v) is 8.33. The van der Waals surface area contributed by atoms with Gasteiger partial charge < -0.3 is 14.8 Å². The first-order chi connectivity index (χ1) is 15.8. The molecule has 0 fully saturated rings. The summed E-state index contributed by atoms with van der Waals surface area (Å²) in [5.41, 5.74) is 0.464. The van der Waals surface area contributed by atoms with Crippen LogP contribution in [0.15, 0.2) is 42.6 Å². The van der Waals surface area contributed by atoms with E-state index in [1.807, 2.05) is 6.07 Å². The fourth-order valence-corrected chi connectivity index (χ4v) is 4.16. The molecule has 33 heavy (non-hydrogen) atoms. The van der Waals surface area contributed by atoms with Gasteiger partial charge in [-0.05, 0) is 47.9 Å². The van der Waals surface area contributed by atoms with Gasteiger partial charge in [-0.25, -0.2) is 4.68 Å². The molecule has 0 saturated carbocycles. The molecule has 1 unspecified atom stereocenters. The molecule has 0 aliphatic carbocycles. The molecule has 1 aromatic carbocycles. The molecule has 7 nitrogen and oxygen atoms in total. The lowest BCUT2D eigenvalue weighted by Gasteiger charge is -2.26. The molecule has 1 amide bonds. The van der Waals surface area contributed by atoms with Gasteiger partial charge in [0.1, 0.15) is 24.2 Å². The Morgan fingerprint density at radius 1 is 1.21 bits per heavy atom. The van der Waals surface area contributed by atoms with Crippen LogP contribution in [0.3, 0.4) is 0 Å². The van der Waals surface area contributed by atoms with E-state index < -0.39 is 18.0 Å². The van der Waals surface area contributed by atoms with Gasteiger partial charge in [0, 0.05) is 30.3 Å². The molecule has 0 spiro atoms. The molecule has 2 atom stereocenters. The molecule has 3 aromatic rings. The topological polar surface area (TPSA) is 78.3 Å². The molecular weight excluding hydrogens is 461 g/mol. The lowest BCUT2D eigenvalue weighted by atomic mass is 10.0. The van der Waals surface area contributed by atoms with Gasteiger partial charge in [0.15, 0.2) is 5.69 Å². The maximum atomic E-state index is 13.0. The minimum Gasteiger partial charge on any atom is -0.491 e. The number of carbonyl (C=O) groups excluding carboxylic acids is 1. The minimum atomic E-state index is -4.54. The van der Waals surface area contributed by atoms with Crippen molar-refractivity contribution >= 4 is 17.5 Å². The minimum absolute atomic E-state index is 0.160. The average Bonchev–Trinajstić information content (AvgIpc) is 3.22. The van der Waals surface area contributed by atoms with E-state index >= 15 is 0 Å². The highest BCUT2D eigenvalue weighted by atomic mass is 35.5. The van der Waals surface area contributed by atoms with E-state index in [0.29, 0.717) is 42.5 Å². The molecule has 0 radical (unpaired) electrons. The third kappa shape index (κ3) is 4.47. The Labute approximate surface area is 191 Å². The number of hydrogen-bond donors (Lipinski definition) is 1. The van der Waals surface area contributed by atoms with Crippen molar-refractivity contribution in [2.75, 3.05) is 6.61 Å². The zero-order chi connectivity index (χ0) is 23.2. The van der Waals surface area contributed by atoms with Crippen LogP contribution in [-0.4, -0.2) is 33.3 Å². The highest BCUT2D eigenvalue weighted by Gasteiger charge is 2.34. The van der Waals surface area contributed by atoms with Gasteiger partial charge in [0.25, 0.3) is 5.91 Å². The Balaban J connectivity index is 1.27. The van der Waals surface area contributed by atoms with Gasteiger partial charge in [-0.3, -0.25) is 9.78 Å². The second kappa shape index (κ2) is 8.26. The number of rotatable bonds is 3. The summed E-state index contributed by atoms with van der Waals surface area (Å²) in [6.07, 6.45) is -3.04. The Hall–Kier alpha value is -3.27. The molecule has 1 N–H and O–H groups in total. The zero-order valence-electron chi connectivity index (χ0n) is 17.1. The number of amides is 1. The van der Waals surface area contributed by atoms with Gasteiger partial charge >= 0.3 is 6.18 Å². The number of benzene rings is 1. The third-order valence-corrected chi connectivity index (χ3v) is 5.79. The Kier molecular flexibility index (Phi) is 5.40. The maximum absolute atomic E-state index is 13.0. The number of ether oxygens (including phenoxy) is 2. The maximum Gasteiger partial charge on any atom is 0.433 e. The van der Waals surface area contributed by atoms with Gasteiger partial charge in [-0.2, -0.15) is 18.3 Å². The first-order valence-corrected chi connectivity index (χ1v) is 10.6. The molecule has 2 aliphatic heterocycles. The predicted molar refractivity (Wildman–Crippen MR) is 111 cm³/mol. The van der Waals surface area contributed by atoms with Gasteiger partial charge in [-0.1, -0.05) is 11.6 Å². The van der Waals surface area contributed by atoms with Crippen LogP contribution < -0.4 is 14.8 Å². The van der Waals surface area contributed by atoms with Crippen molar-refractivity contribution in [2.24, 2.45) is 0 Å². The summed E-state index contributed by atoms with van der Waals surface area (Å²) in [6.45, 7) is 0.714. The molecule has 5 rings (SSSR count). The summed E-state index contributed by atoms with van der Waals surface area (Å²) in [6, 6.07) is 9.06. The molecule has 172 valence electrons. The van der Waals surface area contributed by atoms with Crippen LogP contribution in [0.5, 0.6) is 11.6 Å². The Morgan fingerprint density at radius 3 is 2.88 bits per heavy atom. The Morgan fingerprint density at radius 2 is 2.06 bits per heavy atom. The lowest BCUT2D eigenvalue weighted by molar-refractivity contribution is -0.141. The largest absolute Gasteiger partial charge is 0.491 e. The monoisotopic (exact) mass is 478 g/mol. The molecular formula is C22H18ClF3N4O3. The molecule has 2 aliphatic rings. The van der Waals surface area contributed by atoms with Crippen LogP contribution in [0.4, 0.5) is 13.2 Å². The quantitative estimate of drug-likeness (QED) is 0.610. The lowest BCUT2D eigenvalue weighted by Crippen LogP contribution is -2.42. The first kappa shape index (κ1) is 21.6. The van der Waals surface area contributed by atoms with E-state index in [1.165, 1.54) is 16.8 Å². The second-order valence-electron chi connectivity index (χ2n) is 7.90. The molecule has 0 saturated heterocycles. The van der Waals surface area contributed by atoms with Gasteiger partial charge in [-0.15, -0.1) is 0 Å². The molecule has 2 aromatic heterocycles. The van der Waals surface area contributed by atoms with Crippen LogP contribution >= 0.6 is 11.6 Å². The Bertz CT molecular complexity index is 1210. The summed E-state index contributed by atoms with van der Waals surface area (Å²) in [7, 11) is 0. The van der Waals surface area contributed by atoms with Crippen LogP contribution in [-0.2, 0) is 19.1 Å². The smallest absolute Gasteiger partial charge is 0.433 e. The third-order valence-electron chi connectivity index (χ3n) is 5.55. The fraction of sp³-hybridized carbons (Fsp3) is 0.318. The van der Waals surface area contributed by atoms with Crippen LogP contribution in [0.1, 0.15) is 39.8 Å². The van der Waals surface area contributed by atoms with Crippen molar-refractivity contribution in [2.45, 2.75) is 37.7 Å². The van der Waals surface area contributed by atoms with Crippen molar-refractivity contribution in [1.29, 1.82) is 0 Å². The molecule has 11 heteroatoms. The van der Waals surface area contributed by atoms with Crippen molar-refractivity contribution in [3.8, 4) is 11.6 Å². The van der Waals surface area contributed by atoms with E-state index in [2.05, 4.69) is 15.4 Å². The molecule has 4 heterocycles. The van der Waals surface area contributed by atoms with Crippen molar-refractivity contribution in [1.82, 2.24) is 20.1 Å². The van der Waals surface area contributed by atoms with Crippen LogP contribution in [0.25, 0.3) is 0 Å². The van der Waals surface area contributed by atoms with Gasteiger partial charge in [0.05, 0.1) is 6.04 Å². The number of nitrogens with one attached hydrogen (secondary N) is 1. The average molecular weight is 479 g/mol. The van der Waals surface area contributed by atoms with Crippen LogP contribution in [0.2, 0.25) is 5.02 Å². The van der Waals surface area contributed by atoms with Crippen molar-refractivity contribution in [3.63, 3.8) is 0 Å². The van der Waals surface area contributed by atoms with E-state index in [1.54, 1.807) is 12.1 Å². The van der Waals surface area contributed by atoms with Crippen molar-refractivity contribution < 1.29 is 27.4 Å². The number of fused-ring (bicyclic) bond motifs is 2. The number of alkyl halides is 3. The van der Waals surface area contributed by atoms with E-state index in [4.69, 9.17) is 21.1 Å². The predicted octanol–water partition coefficient (Wildman–Crippen LogP) is 4.21. The molecule has 0 bridgehead atoms. The SMILES string of the molecule is O=C(N[C@H]1COc2ccc(Cl)cc2C1)c1cc2n(n1)CCC(c1ccnc(C(F)(F)F)c1)O2. The standard InChI is InChI=1S/C22H18ClF3N4O3/c23-14-1-2-17-13(7-14)8-15(11-32-17)28-21(31)16-10-20-30(29-16)6-4-18(33-20)12-3-5-27-19(9-12)22(24,25)26/h1-3,5,7,9-10,15,18H,4,6,8,11H2,(H,28,31)/t15-,18?/m1/s1. The highest BCUT2D eigenvalue weighted by Crippen LogP contribution is 2.34. The number of nitrogens with zero attached hydrogens (tertiary/aromatic N) is 3. The number of carbonyl (C=O) groups is 1. The number of halogens is 4. The van der Waals surface area contributed by atoms with E-state index in [0.717, 1.165) is 23.6 Å². The summed E-state index contributed by atoms with van der Waals surface area (Å²) in [5, 5.41) is 7.78. The van der Waals surface area contributed by atoms with Gasteiger partial charge in [0.2, 0.25) is 5.88 Å². The number of pyridine rings is 1. The summed E-state index contributed by atoms with van der Waals surface area (Å²) in [4.78, 5) is 16.1. The summed E-state index contributed by atoms with van der Waals surface area (Å²) >= 11 is 6.04. The number of hydrogen-bond acceptors (Lipinski definition) is 5. The zero-order valence-corrected chi connectivity index (χ0v) is 17.9. The summed E-state index contributed by atoms with van der Waals surface area (Å²) in [5.74, 6) is 0.671. The number of aryl methyl sites for hydroxylation is 1. The number of aromatic nitrogens is 3. The highest BCUT2D eigenvalue weighted by molar-refractivity contribution is 6.30. The van der Waals surface area contributed by atoms with E-state index in [-0.39, 0.29) is 17.6 Å². The fourth-order valence-electron chi connectivity index (χ4n) is 3.96. The van der Waals surface area contributed by atoms with E-state index in [9.17, 15) is 18.0 Å². The normalized spacial score (nSPS) is 19.6. The summed E-state index contributed by atoms with van der Waals surface area (Å²) < 4.78 is 52.0. The van der Waals surface area contributed by atoms with Crippen molar-refractivity contribution in [3.05, 3.63) is 70.1 Å². The first-order valence-electron chi connectivity index (χ1n) is 10.3.